The van der Waals surface area contributed by atoms with Crippen molar-refractivity contribution in [1.82, 2.24) is 10.1 Å². The Morgan fingerprint density at radius 1 is 1.05 bits per heavy atom. The van der Waals surface area contributed by atoms with Crippen molar-refractivity contribution in [2.75, 3.05) is 0 Å². The van der Waals surface area contributed by atoms with E-state index in [-0.39, 0.29) is 6.04 Å². The minimum absolute atomic E-state index is 0.0462. The van der Waals surface area contributed by atoms with Crippen molar-refractivity contribution >= 4 is 0 Å². The lowest BCUT2D eigenvalue weighted by Crippen LogP contribution is -2.24. The van der Waals surface area contributed by atoms with Crippen LogP contribution in [0.3, 0.4) is 0 Å². The van der Waals surface area contributed by atoms with E-state index in [1.54, 1.807) is 0 Å². The van der Waals surface area contributed by atoms with Crippen molar-refractivity contribution in [3.8, 4) is 0 Å². The second kappa shape index (κ2) is 5.14. The second-order valence-corrected chi connectivity index (χ2v) is 7.20. The molecule has 0 amide bonds. The van der Waals surface area contributed by atoms with Crippen LogP contribution in [-0.4, -0.2) is 10.1 Å². The topological polar surface area (TPSA) is 64.9 Å². The molecule has 3 aliphatic carbocycles. The van der Waals surface area contributed by atoms with Crippen LogP contribution in [-0.2, 0) is 0 Å². The molecule has 4 atom stereocenters. The summed E-state index contributed by atoms with van der Waals surface area (Å²) in [6, 6.07) is -0.0462. The molecule has 0 aromatic carbocycles. The minimum Gasteiger partial charge on any atom is -0.338 e. The number of nitrogens with two attached hydrogens (primary N) is 1. The average Bonchev–Trinajstić information content (AvgIpc) is 3.23. The summed E-state index contributed by atoms with van der Waals surface area (Å²) in [6.07, 6.45) is 11.8. The number of nitrogens with zero attached hydrogens (tertiary/aromatic N) is 2. The normalized spacial score (nSPS) is 35.5. The van der Waals surface area contributed by atoms with Crippen LogP contribution >= 0.6 is 0 Å². The van der Waals surface area contributed by atoms with Gasteiger partial charge in [0, 0.05) is 5.92 Å². The van der Waals surface area contributed by atoms with Gasteiger partial charge in [0.05, 0.1) is 6.04 Å². The second-order valence-electron chi connectivity index (χ2n) is 7.20. The molecule has 4 unspecified atom stereocenters. The summed E-state index contributed by atoms with van der Waals surface area (Å²) in [5.74, 6) is 4.44. The van der Waals surface area contributed by atoms with E-state index in [1.807, 2.05) is 0 Å². The van der Waals surface area contributed by atoms with E-state index in [0.717, 1.165) is 17.7 Å². The van der Waals surface area contributed by atoms with Gasteiger partial charge in [0.2, 0.25) is 5.89 Å². The first kappa shape index (κ1) is 12.8. The lowest BCUT2D eigenvalue weighted by atomic mass is 9.84. The van der Waals surface area contributed by atoms with Crippen LogP contribution in [0.4, 0.5) is 0 Å². The van der Waals surface area contributed by atoms with Gasteiger partial charge in [-0.1, -0.05) is 30.8 Å². The SMILES string of the molecule is NC(c1nc(C2CC3CCC2C3)no1)C1CCCCC1. The molecule has 2 N–H and O–H groups in total. The molecule has 20 heavy (non-hydrogen) atoms. The minimum atomic E-state index is -0.0462. The van der Waals surface area contributed by atoms with Crippen LogP contribution in [0.1, 0.15) is 81.5 Å². The Kier molecular flexibility index (Phi) is 3.29. The number of hydrogen-bond acceptors (Lipinski definition) is 4. The molecule has 0 spiro atoms. The van der Waals surface area contributed by atoms with Crippen molar-refractivity contribution in [1.29, 1.82) is 0 Å². The summed E-state index contributed by atoms with van der Waals surface area (Å²) in [6.45, 7) is 0. The van der Waals surface area contributed by atoms with Gasteiger partial charge in [0.15, 0.2) is 5.82 Å². The Labute approximate surface area is 120 Å². The van der Waals surface area contributed by atoms with Crippen molar-refractivity contribution in [3.63, 3.8) is 0 Å². The number of rotatable bonds is 3. The highest BCUT2D eigenvalue weighted by molar-refractivity contribution is 5.07. The van der Waals surface area contributed by atoms with Crippen LogP contribution < -0.4 is 5.73 Å². The zero-order valence-corrected chi connectivity index (χ0v) is 12.1. The molecule has 1 heterocycles. The molecule has 1 aromatic heterocycles. The molecule has 0 saturated heterocycles. The Morgan fingerprint density at radius 3 is 2.60 bits per heavy atom. The molecule has 3 fully saturated rings. The maximum absolute atomic E-state index is 6.36. The Balaban J connectivity index is 1.47. The molecule has 3 saturated carbocycles. The lowest BCUT2D eigenvalue weighted by molar-refractivity contribution is 0.254. The summed E-state index contributed by atoms with van der Waals surface area (Å²) in [5.41, 5.74) is 6.36. The zero-order valence-electron chi connectivity index (χ0n) is 12.1. The van der Waals surface area contributed by atoms with Gasteiger partial charge in [-0.3, -0.25) is 0 Å². The summed E-state index contributed by atoms with van der Waals surface area (Å²) in [4.78, 5) is 4.68. The maximum atomic E-state index is 6.36. The van der Waals surface area contributed by atoms with E-state index in [1.165, 1.54) is 57.8 Å². The number of aromatic nitrogens is 2. The number of hydrogen-bond donors (Lipinski definition) is 1. The molecule has 0 aliphatic heterocycles. The first-order valence-corrected chi connectivity index (χ1v) is 8.40. The Morgan fingerprint density at radius 2 is 1.90 bits per heavy atom. The van der Waals surface area contributed by atoms with E-state index in [0.29, 0.717) is 17.7 Å². The van der Waals surface area contributed by atoms with Crippen LogP contribution in [0.2, 0.25) is 0 Å². The lowest BCUT2D eigenvalue weighted by Gasteiger charge is -2.24. The van der Waals surface area contributed by atoms with E-state index in [9.17, 15) is 0 Å². The Bertz CT molecular complexity index is 466. The van der Waals surface area contributed by atoms with Crippen LogP contribution in [0.25, 0.3) is 0 Å². The Hall–Kier alpha value is -0.900. The first-order valence-electron chi connectivity index (χ1n) is 8.40. The first-order chi connectivity index (χ1) is 9.81. The third-order valence-corrected chi connectivity index (χ3v) is 5.97. The predicted octanol–water partition coefficient (Wildman–Crippen LogP) is 3.55. The summed E-state index contributed by atoms with van der Waals surface area (Å²) < 4.78 is 5.51. The fourth-order valence-corrected chi connectivity index (χ4v) is 4.79. The van der Waals surface area contributed by atoms with E-state index < -0.39 is 0 Å². The van der Waals surface area contributed by atoms with Gasteiger partial charge in [-0.25, -0.2) is 0 Å². The monoisotopic (exact) mass is 275 g/mol. The summed E-state index contributed by atoms with van der Waals surface area (Å²) in [7, 11) is 0. The standard InChI is InChI=1S/C16H25N3O/c17-14(11-4-2-1-3-5-11)16-18-15(19-20-16)13-9-10-6-7-12(13)8-10/h10-14H,1-9,17H2. The largest absolute Gasteiger partial charge is 0.338 e. The van der Waals surface area contributed by atoms with Gasteiger partial charge < -0.3 is 10.3 Å². The van der Waals surface area contributed by atoms with E-state index in [4.69, 9.17) is 10.3 Å². The molecular weight excluding hydrogens is 250 g/mol. The molecule has 2 bridgehead atoms. The van der Waals surface area contributed by atoms with Crippen molar-refractivity contribution in [2.45, 2.75) is 69.7 Å². The summed E-state index contributed by atoms with van der Waals surface area (Å²) >= 11 is 0. The van der Waals surface area contributed by atoms with Gasteiger partial charge in [-0.2, -0.15) is 4.98 Å². The van der Waals surface area contributed by atoms with E-state index in [2.05, 4.69) is 10.1 Å². The summed E-state index contributed by atoms with van der Waals surface area (Å²) in [5, 5.41) is 4.27. The highest BCUT2D eigenvalue weighted by Gasteiger charge is 2.42. The van der Waals surface area contributed by atoms with E-state index >= 15 is 0 Å². The van der Waals surface area contributed by atoms with Crippen LogP contribution in [0, 0.1) is 17.8 Å². The zero-order chi connectivity index (χ0) is 13.5. The fourth-order valence-electron chi connectivity index (χ4n) is 4.79. The maximum Gasteiger partial charge on any atom is 0.243 e. The van der Waals surface area contributed by atoms with Gasteiger partial charge in [-0.05, 0) is 49.9 Å². The number of fused-ring (bicyclic) bond motifs is 2. The molecule has 4 rings (SSSR count). The van der Waals surface area contributed by atoms with Crippen molar-refractivity contribution in [3.05, 3.63) is 11.7 Å². The van der Waals surface area contributed by atoms with Crippen molar-refractivity contribution < 1.29 is 4.52 Å². The quantitative estimate of drug-likeness (QED) is 0.916. The molecule has 4 heteroatoms. The van der Waals surface area contributed by atoms with Crippen molar-refractivity contribution in [2.24, 2.45) is 23.5 Å². The molecular formula is C16H25N3O. The third kappa shape index (κ3) is 2.18. The molecule has 4 nitrogen and oxygen atoms in total. The molecule has 0 radical (unpaired) electrons. The fraction of sp³-hybridized carbons (Fsp3) is 0.875. The van der Waals surface area contributed by atoms with Gasteiger partial charge in [0.1, 0.15) is 0 Å². The smallest absolute Gasteiger partial charge is 0.243 e. The van der Waals surface area contributed by atoms with Gasteiger partial charge >= 0.3 is 0 Å². The molecule has 1 aromatic rings. The molecule has 3 aliphatic rings. The molecule has 110 valence electrons. The van der Waals surface area contributed by atoms with Crippen LogP contribution in [0.15, 0.2) is 4.52 Å². The average molecular weight is 275 g/mol. The van der Waals surface area contributed by atoms with Crippen LogP contribution in [0.5, 0.6) is 0 Å². The van der Waals surface area contributed by atoms with Gasteiger partial charge in [-0.15, -0.1) is 0 Å². The highest BCUT2D eigenvalue weighted by Crippen LogP contribution is 2.52. The predicted molar refractivity (Wildman–Crippen MR) is 76.0 cm³/mol. The van der Waals surface area contributed by atoms with Gasteiger partial charge in [0.25, 0.3) is 0 Å². The third-order valence-electron chi connectivity index (χ3n) is 5.97. The highest BCUT2D eigenvalue weighted by atomic mass is 16.5.